The van der Waals surface area contributed by atoms with Gasteiger partial charge in [0.2, 0.25) is 0 Å². The van der Waals surface area contributed by atoms with Gasteiger partial charge in [-0.1, -0.05) is 13.1 Å². The van der Waals surface area contributed by atoms with E-state index in [-0.39, 0.29) is 5.22 Å². The van der Waals surface area contributed by atoms with Gasteiger partial charge in [0.25, 0.3) is 0 Å². The second-order valence-corrected chi connectivity index (χ2v) is 8.40. The van der Waals surface area contributed by atoms with E-state index in [4.69, 9.17) is 10.5 Å². The largest absolute Gasteiger partial charge is 0.379 e. The van der Waals surface area contributed by atoms with E-state index in [1.165, 1.54) is 25.7 Å². The summed E-state index contributed by atoms with van der Waals surface area (Å²) in [4.78, 5) is 0. The number of nitrogens with two attached hydrogens (primary N) is 1. The standard InChI is InChI=1S/C11H25NOSi/c1-10(12)6-8-11(14(2)3)7-4-5-9-13-11/h10,14H,4-9,12H2,1-3H3. The van der Waals surface area contributed by atoms with Crippen LogP contribution in [0.1, 0.15) is 39.0 Å². The van der Waals surface area contributed by atoms with E-state index in [1.54, 1.807) is 0 Å². The highest BCUT2D eigenvalue weighted by molar-refractivity contribution is 6.59. The normalized spacial score (nSPS) is 30.6. The fraction of sp³-hybridized carbons (Fsp3) is 1.00. The van der Waals surface area contributed by atoms with Crippen LogP contribution in [0.3, 0.4) is 0 Å². The molecule has 1 aliphatic rings. The van der Waals surface area contributed by atoms with Crippen molar-refractivity contribution in [3.8, 4) is 0 Å². The molecule has 0 aliphatic carbocycles. The molecular weight excluding hydrogens is 190 g/mol. The Labute approximate surface area is 89.8 Å². The molecule has 3 heteroatoms. The first-order valence-corrected chi connectivity index (χ1v) is 8.85. The lowest BCUT2D eigenvalue weighted by Crippen LogP contribution is -2.48. The first-order valence-electron chi connectivity index (χ1n) is 5.96. The molecule has 84 valence electrons. The van der Waals surface area contributed by atoms with Gasteiger partial charge in [0, 0.05) is 12.6 Å². The van der Waals surface area contributed by atoms with E-state index in [0.29, 0.717) is 6.04 Å². The zero-order chi connectivity index (χ0) is 10.6. The zero-order valence-electron chi connectivity index (χ0n) is 9.88. The lowest BCUT2D eigenvalue weighted by Gasteiger charge is -2.41. The van der Waals surface area contributed by atoms with Crippen LogP contribution in [-0.2, 0) is 4.74 Å². The minimum Gasteiger partial charge on any atom is -0.379 e. The molecule has 0 saturated carbocycles. The van der Waals surface area contributed by atoms with Crippen LogP contribution in [0.2, 0.25) is 13.1 Å². The summed E-state index contributed by atoms with van der Waals surface area (Å²) in [5.41, 5.74) is 5.83. The molecule has 1 rings (SSSR count). The first-order chi connectivity index (χ1) is 6.57. The maximum atomic E-state index is 6.08. The summed E-state index contributed by atoms with van der Waals surface area (Å²) >= 11 is 0. The van der Waals surface area contributed by atoms with E-state index < -0.39 is 8.80 Å². The predicted octanol–water partition coefficient (Wildman–Crippen LogP) is 2.08. The van der Waals surface area contributed by atoms with E-state index in [0.717, 1.165) is 13.0 Å². The third kappa shape index (κ3) is 3.07. The predicted molar refractivity (Wildman–Crippen MR) is 64.3 cm³/mol. The van der Waals surface area contributed by atoms with Crippen LogP contribution in [0.4, 0.5) is 0 Å². The van der Waals surface area contributed by atoms with Crippen molar-refractivity contribution in [2.75, 3.05) is 6.61 Å². The van der Waals surface area contributed by atoms with Crippen LogP contribution >= 0.6 is 0 Å². The molecule has 2 N–H and O–H groups in total. The average Bonchev–Trinajstić information content (AvgIpc) is 2.16. The molecule has 0 bridgehead atoms. The van der Waals surface area contributed by atoms with Crippen molar-refractivity contribution in [2.45, 2.75) is 63.4 Å². The van der Waals surface area contributed by atoms with Crippen molar-refractivity contribution in [2.24, 2.45) is 5.73 Å². The number of hydrogen-bond acceptors (Lipinski definition) is 2. The SMILES string of the molecule is CC(N)CCC1([SiH](C)C)CCCCO1. The molecular formula is C11H25NOSi. The highest BCUT2D eigenvalue weighted by Crippen LogP contribution is 2.32. The zero-order valence-corrected chi connectivity index (χ0v) is 11.0. The molecule has 2 atom stereocenters. The summed E-state index contributed by atoms with van der Waals surface area (Å²) in [6, 6.07) is 0.324. The van der Waals surface area contributed by atoms with Crippen molar-refractivity contribution in [3.05, 3.63) is 0 Å². The molecule has 0 aromatic rings. The van der Waals surface area contributed by atoms with Crippen molar-refractivity contribution in [1.29, 1.82) is 0 Å². The lowest BCUT2D eigenvalue weighted by molar-refractivity contribution is -0.0295. The van der Waals surface area contributed by atoms with Gasteiger partial charge in [-0.3, -0.25) is 0 Å². The van der Waals surface area contributed by atoms with Gasteiger partial charge in [-0.15, -0.1) is 0 Å². The first kappa shape index (κ1) is 12.2. The summed E-state index contributed by atoms with van der Waals surface area (Å²) in [6.07, 6.45) is 6.19. The average molecular weight is 215 g/mol. The Morgan fingerprint density at radius 2 is 2.14 bits per heavy atom. The summed E-state index contributed by atoms with van der Waals surface area (Å²) in [6.45, 7) is 7.89. The van der Waals surface area contributed by atoms with Gasteiger partial charge in [-0.05, 0) is 39.0 Å². The highest BCUT2D eigenvalue weighted by atomic mass is 28.3. The van der Waals surface area contributed by atoms with Gasteiger partial charge in [0.15, 0.2) is 0 Å². The fourth-order valence-electron chi connectivity index (χ4n) is 2.29. The van der Waals surface area contributed by atoms with Crippen LogP contribution in [-0.4, -0.2) is 26.7 Å². The molecule has 1 saturated heterocycles. The Morgan fingerprint density at radius 1 is 1.43 bits per heavy atom. The van der Waals surface area contributed by atoms with Crippen LogP contribution < -0.4 is 5.73 Å². The molecule has 2 nitrogen and oxygen atoms in total. The van der Waals surface area contributed by atoms with Gasteiger partial charge in [0.1, 0.15) is 0 Å². The Morgan fingerprint density at radius 3 is 2.57 bits per heavy atom. The minimum absolute atomic E-state index is 0.270. The van der Waals surface area contributed by atoms with Gasteiger partial charge in [-0.2, -0.15) is 0 Å². The van der Waals surface area contributed by atoms with Crippen molar-refractivity contribution >= 4 is 8.80 Å². The molecule has 2 unspecified atom stereocenters. The molecule has 0 aromatic heterocycles. The van der Waals surface area contributed by atoms with Crippen LogP contribution in [0.25, 0.3) is 0 Å². The monoisotopic (exact) mass is 215 g/mol. The fourth-order valence-corrected chi connectivity index (χ4v) is 4.26. The Kier molecular flexibility index (Phi) is 4.61. The minimum atomic E-state index is -0.724. The molecule has 14 heavy (non-hydrogen) atoms. The quantitative estimate of drug-likeness (QED) is 0.729. The molecule has 1 fully saturated rings. The Hall–Kier alpha value is 0.137. The van der Waals surface area contributed by atoms with Crippen LogP contribution in [0.15, 0.2) is 0 Å². The van der Waals surface area contributed by atoms with Gasteiger partial charge in [-0.25, -0.2) is 0 Å². The van der Waals surface area contributed by atoms with E-state index in [9.17, 15) is 0 Å². The molecule has 1 heterocycles. The van der Waals surface area contributed by atoms with Gasteiger partial charge < -0.3 is 10.5 Å². The van der Waals surface area contributed by atoms with Crippen LogP contribution in [0, 0.1) is 0 Å². The number of ether oxygens (including phenoxy) is 1. The highest BCUT2D eigenvalue weighted by Gasteiger charge is 2.36. The molecule has 0 radical (unpaired) electrons. The summed E-state index contributed by atoms with van der Waals surface area (Å²) in [7, 11) is -0.724. The third-order valence-electron chi connectivity index (χ3n) is 3.46. The third-order valence-corrected chi connectivity index (χ3v) is 6.31. The Balaban J connectivity index is 2.52. The number of hydrogen-bond donors (Lipinski definition) is 1. The second kappa shape index (κ2) is 5.28. The van der Waals surface area contributed by atoms with Gasteiger partial charge in [0.05, 0.1) is 14.0 Å². The van der Waals surface area contributed by atoms with Gasteiger partial charge >= 0.3 is 0 Å². The maximum Gasteiger partial charge on any atom is 0.0695 e. The lowest BCUT2D eigenvalue weighted by atomic mass is 10.0. The summed E-state index contributed by atoms with van der Waals surface area (Å²) in [5, 5.41) is 0.270. The molecule has 0 amide bonds. The van der Waals surface area contributed by atoms with E-state index in [1.807, 2.05) is 0 Å². The van der Waals surface area contributed by atoms with Crippen LogP contribution in [0.5, 0.6) is 0 Å². The van der Waals surface area contributed by atoms with Crippen molar-refractivity contribution in [3.63, 3.8) is 0 Å². The van der Waals surface area contributed by atoms with E-state index >= 15 is 0 Å². The summed E-state index contributed by atoms with van der Waals surface area (Å²) in [5.74, 6) is 0. The summed E-state index contributed by atoms with van der Waals surface area (Å²) < 4.78 is 6.08. The topological polar surface area (TPSA) is 35.2 Å². The molecule has 0 aromatic carbocycles. The van der Waals surface area contributed by atoms with Crippen molar-refractivity contribution in [1.82, 2.24) is 0 Å². The van der Waals surface area contributed by atoms with E-state index in [2.05, 4.69) is 20.0 Å². The smallest absolute Gasteiger partial charge is 0.0695 e. The van der Waals surface area contributed by atoms with Crippen molar-refractivity contribution < 1.29 is 4.74 Å². The number of rotatable bonds is 4. The maximum absolute atomic E-state index is 6.08. The second-order valence-electron chi connectivity index (χ2n) is 5.04. The molecule has 0 spiro atoms. The molecule has 1 aliphatic heterocycles. The Bertz CT molecular complexity index is 165.